The van der Waals surface area contributed by atoms with E-state index in [-0.39, 0.29) is 35.4 Å². The van der Waals surface area contributed by atoms with Crippen LogP contribution >= 0.6 is 11.6 Å². The van der Waals surface area contributed by atoms with Gasteiger partial charge in [0.15, 0.2) is 5.84 Å². The Morgan fingerprint density at radius 1 is 1.16 bits per heavy atom. The van der Waals surface area contributed by atoms with Gasteiger partial charge in [0, 0.05) is 12.0 Å². The number of carbonyl (C=O) groups is 2. The van der Waals surface area contributed by atoms with Crippen LogP contribution in [0.1, 0.15) is 34.3 Å². The predicted molar refractivity (Wildman–Crippen MR) is 145 cm³/mol. The molecule has 0 spiro atoms. The number of sulfonamides is 1. The van der Waals surface area contributed by atoms with E-state index in [2.05, 4.69) is 15.2 Å². The molecule has 0 saturated carbocycles. The number of rotatable bonds is 7. The first-order valence-electron chi connectivity index (χ1n) is 12.3. The minimum Gasteiger partial charge on any atom is -0.486 e. The molecule has 3 aromatic rings. The van der Waals surface area contributed by atoms with Gasteiger partial charge in [-0.1, -0.05) is 28.9 Å². The second-order valence-electron chi connectivity index (χ2n) is 9.10. The summed E-state index contributed by atoms with van der Waals surface area (Å²) < 4.78 is 92.8. The molecule has 16 heteroatoms. The second kappa shape index (κ2) is 12.5. The molecule has 43 heavy (non-hydrogen) atoms. The van der Waals surface area contributed by atoms with Gasteiger partial charge in [0.1, 0.15) is 17.7 Å². The Balaban J connectivity index is 1.75. The largest absolute Gasteiger partial charge is 0.486 e. The third-order valence-electron chi connectivity index (χ3n) is 6.34. The smallest absolute Gasteiger partial charge is 0.416 e. The quantitative estimate of drug-likeness (QED) is 0.0927. The molecule has 0 fully saturated rings. The first kappa shape index (κ1) is 31.6. The molecule has 1 heterocycles. The molecule has 4 rings (SSSR count). The number of fused-ring (bicyclic) bond motifs is 1. The van der Waals surface area contributed by atoms with Gasteiger partial charge in [0.25, 0.3) is 15.9 Å². The number of esters is 1. The van der Waals surface area contributed by atoms with Crippen molar-refractivity contribution >= 4 is 45.0 Å². The van der Waals surface area contributed by atoms with E-state index >= 15 is 0 Å². The van der Waals surface area contributed by atoms with Crippen molar-refractivity contribution in [1.82, 2.24) is 5.32 Å². The molecule has 10 nitrogen and oxygen atoms in total. The lowest BCUT2D eigenvalue weighted by molar-refractivity contribution is -0.141. The van der Waals surface area contributed by atoms with Crippen LogP contribution in [0.5, 0.6) is 5.75 Å². The van der Waals surface area contributed by atoms with E-state index in [0.29, 0.717) is 6.07 Å². The number of oxime groups is 1. The fourth-order valence-electron chi connectivity index (χ4n) is 4.19. The number of anilines is 1. The number of halogens is 5. The summed E-state index contributed by atoms with van der Waals surface area (Å²) in [6.45, 7) is -0.414. The number of carbonyl (C=O) groups excluding carboxylic acids is 2. The highest BCUT2D eigenvalue weighted by Gasteiger charge is 2.37. The van der Waals surface area contributed by atoms with Crippen LogP contribution in [-0.2, 0) is 25.7 Å². The molecule has 0 aromatic heterocycles. The summed E-state index contributed by atoms with van der Waals surface area (Å²) >= 11 is 5.86. The highest BCUT2D eigenvalue weighted by atomic mass is 35.5. The third kappa shape index (κ3) is 6.83. The van der Waals surface area contributed by atoms with Crippen LogP contribution in [-0.4, -0.2) is 51.1 Å². The summed E-state index contributed by atoms with van der Waals surface area (Å²) in [5.41, 5.74) is -1.69. The average Bonchev–Trinajstić information content (AvgIpc) is 2.98. The number of nitrogens with zero attached hydrogens (tertiary/aromatic N) is 2. The molecule has 1 aliphatic rings. The van der Waals surface area contributed by atoms with Crippen molar-refractivity contribution in [1.29, 1.82) is 0 Å². The molecular formula is C27H22ClF4N3O7S. The molecule has 0 unspecified atom stereocenters. The highest BCUT2D eigenvalue weighted by molar-refractivity contribution is 7.92. The number of nitrogens with one attached hydrogen (secondary N) is 1. The molecule has 1 amide bonds. The molecule has 0 bridgehead atoms. The summed E-state index contributed by atoms with van der Waals surface area (Å²) in [6.07, 6.45) is -5.85. The van der Waals surface area contributed by atoms with Crippen molar-refractivity contribution in [3.63, 3.8) is 0 Å². The van der Waals surface area contributed by atoms with Crippen molar-refractivity contribution in [2.45, 2.75) is 30.0 Å². The van der Waals surface area contributed by atoms with Gasteiger partial charge in [0.05, 0.1) is 40.4 Å². The normalized spacial score (nSPS) is 15.3. The number of alkyl halides is 3. The van der Waals surface area contributed by atoms with Gasteiger partial charge in [-0.05, 0) is 55.0 Å². The number of ether oxygens (including phenoxy) is 2. The number of amides is 1. The highest BCUT2D eigenvalue weighted by Crippen LogP contribution is 2.39. The maximum atomic E-state index is 13.9. The molecule has 2 N–H and O–H groups in total. The first-order chi connectivity index (χ1) is 20.3. The van der Waals surface area contributed by atoms with E-state index in [1.54, 1.807) is 0 Å². The fourth-order valence-corrected chi connectivity index (χ4v) is 5.94. The van der Waals surface area contributed by atoms with E-state index in [0.717, 1.165) is 28.6 Å². The lowest BCUT2D eigenvalue weighted by Gasteiger charge is -2.36. The standard InChI is InChI=1S/C27H22ClF4N3O7S/c1-41-23(36)11-9-17-14-35(43(39,40)18-5-2-4-16(13-18)27(30,31)32)21-12-15(8-10-22(21)42-17)25(34-38)33-26(37)19-6-3-7-20(29)24(19)28/h2-8,10,12-13,17,38H,9,11,14H2,1H3,(H,33,34,37)/t17-/m0/s1. The van der Waals surface area contributed by atoms with E-state index in [4.69, 9.17) is 16.3 Å². The maximum absolute atomic E-state index is 13.9. The van der Waals surface area contributed by atoms with Gasteiger partial charge in [0.2, 0.25) is 0 Å². The van der Waals surface area contributed by atoms with E-state index in [9.17, 15) is 40.8 Å². The number of hydrogen-bond acceptors (Lipinski definition) is 8. The second-order valence-corrected chi connectivity index (χ2v) is 11.3. The van der Waals surface area contributed by atoms with Gasteiger partial charge < -0.3 is 20.0 Å². The Kier molecular flexibility index (Phi) is 9.15. The molecular weight excluding hydrogens is 622 g/mol. The molecule has 0 aliphatic carbocycles. The van der Waals surface area contributed by atoms with Crippen LogP contribution in [0.3, 0.4) is 0 Å². The van der Waals surface area contributed by atoms with Crippen molar-refractivity contribution in [2.75, 3.05) is 18.0 Å². The minimum atomic E-state index is -4.82. The summed E-state index contributed by atoms with van der Waals surface area (Å²) in [4.78, 5) is 23.8. The monoisotopic (exact) mass is 643 g/mol. The zero-order valence-corrected chi connectivity index (χ0v) is 23.6. The Morgan fingerprint density at radius 3 is 2.56 bits per heavy atom. The lowest BCUT2D eigenvalue weighted by atomic mass is 10.1. The van der Waals surface area contributed by atoms with Crippen molar-refractivity contribution in [2.24, 2.45) is 5.16 Å². The van der Waals surface area contributed by atoms with Gasteiger partial charge >= 0.3 is 12.1 Å². The topological polar surface area (TPSA) is 135 Å². The SMILES string of the molecule is COC(=O)CC[C@H]1CN(S(=O)(=O)c2cccc(C(F)(F)F)c2)c2cc(/C(=N\O)NC(=O)c3cccc(F)c3Cl)ccc2O1. The number of hydrogen-bond donors (Lipinski definition) is 2. The lowest BCUT2D eigenvalue weighted by Crippen LogP contribution is -2.44. The van der Waals surface area contributed by atoms with Crippen molar-refractivity contribution < 1.29 is 50.2 Å². The van der Waals surface area contributed by atoms with Crippen LogP contribution in [0.15, 0.2) is 70.7 Å². The van der Waals surface area contributed by atoms with E-state index < -0.39 is 67.9 Å². The molecule has 1 atom stereocenters. The van der Waals surface area contributed by atoms with Gasteiger partial charge in [-0.25, -0.2) is 12.8 Å². The molecule has 3 aromatic carbocycles. The van der Waals surface area contributed by atoms with Crippen LogP contribution < -0.4 is 14.4 Å². The van der Waals surface area contributed by atoms with Crippen molar-refractivity contribution in [3.8, 4) is 5.75 Å². The molecule has 0 radical (unpaired) electrons. The van der Waals surface area contributed by atoms with E-state index in [1.165, 1.54) is 37.4 Å². The Hall–Kier alpha value is -4.37. The predicted octanol–water partition coefficient (Wildman–Crippen LogP) is 4.97. The van der Waals surface area contributed by atoms with Crippen molar-refractivity contribution in [3.05, 3.63) is 88.2 Å². The maximum Gasteiger partial charge on any atom is 0.416 e. The van der Waals surface area contributed by atoms with Crippen LogP contribution in [0, 0.1) is 5.82 Å². The Morgan fingerprint density at radius 2 is 1.88 bits per heavy atom. The molecule has 228 valence electrons. The van der Waals surface area contributed by atoms with E-state index in [1.807, 2.05) is 0 Å². The van der Waals surface area contributed by atoms with Crippen LogP contribution in [0.25, 0.3) is 0 Å². The summed E-state index contributed by atoms with van der Waals surface area (Å²) in [6, 6.07) is 10.4. The molecule has 0 saturated heterocycles. The third-order valence-corrected chi connectivity index (χ3v) is 8.50. The summed E-state index contributed by atoms with van der Waals surface area (Å²) in [7, 11) is -3.50. The average molecular weight is 644 g/mol. The summed E-state index contributed by atoms with van der Waals surface area (Å²) in [5, 5.41) is 14.5. The van der Waals surface area contributed by atoms with Gasteiger partial charge in [-0.3, -0.25) is 13.9 Å². The Labute approximate surface area is 247 Å². The number of amidine groups is 1. The van der Waals surface area contributed by atoms with Gasteiger partial charge in [-0.2, -0.15) is 13.2 Å². The number of methoxy groups -OCH3 is 1. The van der Waals surface area contributed by atoms with Gasteiger partial charge in [-0.15, -0.1) is 0 Å². The zero-order chi connectivity index (χ0) is 31.5. The Bertz CT molecular complexity index is 1700. The van der Waals surface area contributed by atoms with Crippen LogP contribution in [0.2, 0.25) is 5.02 Å². The number of benzene rings is 3. The first-order valence-corrected chi connectivity index (χ1v) is 14.1. The zero-order valence-electron chi connectivity index (χ0n) is 22.1. The summed E-state index contributed by atoms with van der Waals surface area (Å²) in [5.74, 6) is -2.94. The van der Waals surface area contributed by atoms with Crippen LogP contribution in [0.4, 0.5) is 23.2 Å². The fraction of sp³-hybridized carbons (Fsp3) is 0.222. The minimum absolute atomic E-state index is 0.0102. The molecule has 1 aliphatic heterocycles.